The van der Waals surface area contributed by atoms with E-state index in [4.69, 9.17) is 39.5 Å². The highest BCUT2D eigenvalue weighted by molar-refractivity contribution is 6.67. The summed E-state index contributed by atoms with van der Waals surface area (Å²) in [5.74, 6) is -4.27. The van der Waals surface area contributed by atoms with E-state index in [9.17, 15) is 19.2 Å². The maximum atomic E-state index is 12.7. The first-order chi connectivity index (χ1) is 13.8. The van der Waals surface area contributed by atoms with Crippen LogP contribution in [0.4, 0.5) is 9.59 Å². The van der Waals surface area contributed by atoms with E-state index in [1.54, 1.807) is 39.0 Å². The highest BCUT2D eigenvalue weighted by Crippen LogP contribution is 2.36. The number of benzene rings is 1. The standard InChI is InChI=1S/C18H18Cl3NO8/c1-17(2,3)29-16(26)22-12(10-7-5-4-6-8-10)11(13(23)28-15(22)25)14(24)30-27-9-18(19,20)21/h4-8,11-12H,9H2,1-3H3/t11-,12-/m1/s1. The minimum atomic E-state index is -1.88. The number of carbonyl (C=O) groups excluding carboxylic acids is 4. The van der Waals surface area contributed by atoms with Crippen molar-refractivity contribution in [3.8, 4) is 0 Å². The Labute approximate surface area is 187 Å². The zero-order chi connectivity index (χ0) is 22.7. The molecule has 1 aromatic rings. The zero-order valence-corrected chi connectivity index (χ0v) is 18.4. The Balaban J connectivity index is 2.40. The SMILES string of the molecule is CC(C)(C)OC(=O)N1C(=O)OC(=O)[C@H](C(=O)OOCC(Cl)(Cl)Cl)[C@H]1c1ccccc1. The second-order valence-corrected chi connectivity index (χ2v) is 9.67. The first kappa shape index (κ1) is 24.2. The molecule has 2 atom stereocenters. The summed E-state index contributed by atoms with van der Waals surface area (Å²) in [7, 11) is 0. The van der Waals surface area contributed by atoms with Gasteiger partial charge in [-0.05, 0) is 26.3 Å². The Morgan fingerprint density at radius 2 is 1.70 bits per heavy atom. The molecular weight excluding hydrogens is 465 g/mol. The number of amides is 2. The minimum absolute atomic E-state index is 0.275. The molecule has 0 aliphatic carbocycles. The van der Waals surface area contributed by atoms with E-state index in [1.165, 1.54) is 12.1 Å². The van der Waals surface area contributed by atoms with Crippen LogP contribution in [0.2, 0.25) is 0 Å². The molecule has 0 N–H and O–H groups in total. The predicted molar refractivity (Wildman–Crippen MR) is 105 cm³/mol. The second kappa shape index (κ2) is 9.38. The number of carbonyl (C=O) groups is 4. The van der Waals surface area contributed by atoms with E-state index in [0.29, 0.717) is 4.90 Å². The summed E-state index contributed by atoms with van der Waals surface area (Å²) in [6, 6.07) is 6.46. The first-order valence-electron chi connectivity index (χ1n) is 8.53. The molecule has 30 heavy (non-hydrogen) atoms. The highest BCUT2D eigenvalue weighted by Gasteiger charge is 2.53. The average Bonchev–Trinajstić information content (AvgIpc) is 2.58. The van der Waals surface area contributed by atoms with Gasteiger partial charge in [0, 0.05) is 0 Å². The van der Waals surface area contributed by atoms with Crippen molar-refractivity contribution in [3.63, 3.8) is 0 Å². The number of hydrogen-bond donors (Lipinski definition) is 0. The number of ether oxygens (including phenoxy) is 2. The summed E-state index contributed by atoms with van der Waals surface area (Å²) >= 11 is 16.5. The summed E-state index contributed by atoms with van der Waals surface area (Å²) in [4.78, 5) is 59.7. The van der Waals surface area contributed by atoms with Gasteiger partial charge in [-0.3, -0.25) is 9.68 Å². The number of hydrogen-bond acceptors (Lipinski definition) is 8. The molecule has 164 valence electrons. The molecule has 0 aromatic heterocycles. The average molecular weight is 483 g/mol. The lowest BCUT2D eigenvalue weighted by molar-refractivity contribution is -0.276. The van der Waals surface area contributed by atoms with Gasteiger partial charge in [-0.15, -0.1) is 0 Å². The van der Waals surface area contributed by atoms with Crippen molar-refractivity contribution < 1.29 is 38.4 Å². The quantitative estimate of drug-likeness (QED) is 0.207. The van der Waals surface area contributed by atoms with Crippen LogP contribution in [0.25, 0.3) is 0 Å². The highest BCUT2D eigenvalue weighted by atomic mass is 35.6. The van der Waals surface area contributed by atoms with Gasteiger partial charge in [0.1, 0.15) is 12.2 Å². The molecule has 1 saturated heterocycles. The van der Waals surface area contributed by atoms with Gasteiger partial charge in [0.25, 0.3) is 0 Å². The molecule has 0 spiro atoms. The molecule has 0 saturated carbocycles. The predicted octanol–water partition coefficient (Wildman–Crippen LogP) is 4.10. The van der Waals surface area contributed by atoms with E-state index < -0.39 is 52.1 Å². The lowest BCUT2D eigenvalue weighted by atomic mass is 9.91. The largest absolute Gasteiger partial charge is 0.443 e. The van der Waals surface area contributed by atoms with Gasteiger partial charge >= 0.3 is 24.1 Å². The molecule has 12 heteroatoms. The normalized spacial score (nSPS) is 19.9. The lowest BCUT2D eigenvalue weighted by Gasteiger charge is -2.37. The third-order valence-corrected chi connectivity index (χ3v) is 3.91. The molecule has 2 rings (SSSR count). The lowest BCUT2D eigenvalue weighted by Crippen LogP contribution is -2.54. The topological polar surface area (TPSA) is 108 Å². The molecule has 0 unspecified atom stereocenters. The molecule has 0 radical (unpaired) electrons. The van der Waals surface area contributed by atoms with E-state index in [0.717, 1.165) is 0 Å². The summed E-state index contributed by atoms with van der Waals surface area (Å²) in [6.07, 6.45) is -2.41. The van der Waals surface area contributed by atoms with Gasteiger partial charge in [0.15, 0.2) is 5.92 Å². The van der Waals surface area contributed by atoms with Crippen molar-refractivity contribution in [2.24, 2.45) is 5.92 Å². The molecule has 0 bridgehead atoms. The van der Waals surface area contributed by atoms with Gasteiger partial charge in [-0.1, -0.05) is 65.1 Å². The number of rotatable bonds is 4. The van der Waals surface area contributed by atoms with Gasteiger partial charge in [0.2, 0.25) is 3.79 Å². The van der Waals surface area contributed by atoms with E-state index in [2.05, 4.69) is 14.5 Å². The Morgan fingerprint density at radius 1 is 1.10 bits per heavy atom. The van der Waals surface area contributed by atoms with Crippen LogP contribution in [-0.2, 0) is 28.8 Å². The first-order valence-corrected chi connectivity index (χ1v) is 9.66. The number of cyclic esters (lactones) is 2. The van der Waals surface area contributed by atoms with E-state index in [1.807, 2.05) is 0 Å². The van der Waals surface area contributed by atoms with Crippen molar-refractivity contribution in [2.45, 2.75) is 36.2 Å². The summed E-state index contributed by atoms with van der Waals surface area (Å²) in [5, 5.41) is 0. The van der Waals surface area contributed by atoms with Gasteiger partial charge < -0.3 is 9.47 Å². The molecule has 1 aliphatic heterocycles. The Bertz CT molecular complexity index is 819. The van der Waals surface area contributed by atoms with Crippen LogP contribution in [0.3, 0.4) is 0 Å². The molecule has 1 aromatic carbocycles. The van der Waals surface area contributed by atoms with Crippen molar-refractivity contribution in [3.05, 3.63) is 35.9 Å². The summed E-state index contributed by atoms with van der Waals surface area (Å²) < 4.78 is 7.92. The minimum Gasteiger partial charge on any atom is -0.443 e. The fraction of sp³-hybridized carbons (Fsp3) is 0.444. The van der Waals surface area contributed by atoms with E-state index >= 15 is 0 Å². The Hall–Kier alpha value is -2.07. The third-order valence-electron chi connectivity index (χ3n) is 3.58. The molecule has 1 aliphatic rings. The van der Waals surface area contributed by atoms with Crippen LogP contribution < -0.4 is 0 Å². The fourth-order valence-corrected chi connectivity index (χ4v) is 2.65. The molecule has 1 heterocycles. The van der Waals surface area contributed by atoms with Crippen LogP contribution in [0.1, 0.15) is 32.4 Å². The second-order valence-electron chi connectivity index (χ2n) is 7.15. The van der Waals surface area contributed by atoms with Crippen LogP contribution in [0.15, 0.2) is 30.3 Å². The van der Waals surface area contributed by atoms with Gasteiger partial charge in [-0.2, -0.15) is 4.89 Å². The Morgan fingerprint density at radius 3 is 2.23 bits per heavy atom. The zero-order valence-electron chi connectivity index (χ0n) is 16.1. The van der Waals surface area contributed by atoms with Crippen molar-refractivity contribution in [1.82, 2.24) is 4.90 Å². The smallest absolute Gasteiger partial charge is 0.427 e. The van der Waals surface area contributed by atoms with E-state index in [-0.39, 0.29) is 5.56 Å². The van der Waals surface area contributed by atoms with Crippen molar-refractivity contribution in [2.75, 3.05) is 6.61 Å². The number of esters is 1. The monoisotopic (exact) mass is 481 g/mol. The molecular formula is C18H18Cl3NO8. The van der Waals surface area contributed by atoms with Gasteiger partial charge in [-0.25, -0.2) is 19.3 Å². The molecule has 1 fully saturated rings. The Kier molecular flexibility index (Phi) is 7.57. The van der Waals surface area contributed by atoms with Crippen LogP contribution in [-0.4, -0.2) is 45.0 Å². The number of imide groups is 1. The summed E-state index contributed by atoms with van der Waals surface area (Å²) in [6.45, 7) is 4.12. The van der Waals surface area contributed by atoms with Crippen molar-refractivity contribution in [1.29, 1.82) is 0 Å². The summed E-state index contributed by atoms with van der Waals surface area (Å²) in [5.41, 5.74) is -0.694. The van der Waals surface area contributed by atoms with Crippen molar-refractivity contribution >= 4 is 58.9 Å². The third kappa shape index (κ3) is 6.46. The van der Waals surface area contributed by atoms with Crippen LogP contribution in [0.5, 0.6) is 0 Å². The number of alkyl halides is 3. The fourth-order valence-electron chi connectivity index (χ4n) is 2.51. The molecule has 9 nitrogen and oxygen atoms in total. The number of nitrogens with zero attached hydrogens (tertiary/aromatic N) is 1. The maximum Gasteiger partial charge on any atom is 0.427 e. The number of halogens is 3. The van der Waals surface area contributed by atoms with Crippen LogP contribution >= 0.6 is 34.8 Å². The maximum absolute atomic E-state index is 12.7. The van der Waals surface area contributed by atoms with Gasteiger partial charge in [0.05, 0.1) is 6.04 Å². The molecule has 2 amide bonds. The van der Waals surface area contributed by atoms with Crippen LogP contribution in [0, 0.1) is 5.92 Å².